The van der Waals surface area contributed by atoms with Crippen LogP contribution in [0.1, 0.15) is 37.8 Å². The summed E-state index contributed by atoms with van der Waals surface area (Å²) < 4.78 is 5.66. The van der Waals surface area contributed by atoms with E-state index >= 15 is 0 Å². The molecular weight excluding hydrogens is 242 g/mol. The molecule has 0 aromatic heterocycles. The van der Waals surface area contributed by atoms with E-state index in [1.807, 2.05) is 19.1 Å². The van der Waals surface area contributed by atoms with E-state index in [4.69, 9.17) is 10.5 Å². The van der Waals surface area contributed by atoms with Gasteiger partial charge in [0.2, 0.25) is 0 Å². The number of thioether (sulfide) groups is 1. The van der Waals surface area contributed by atoms with Crippen LogP contribution in [-0.4, -0.2) is 18.1 Å². The minimum Gasteiger partial charge on any atom is -0.494 e. The van der Waals surface area contributed by atoms with Crippen LogP contribution in [0, 0.1) is 5.92 Å². The highest BCUT2D eigenvalue weighted by molar-refractivity contribution is 7.99. The Hall–Kier alpha value is -0.670. The van der Waals surface area contributed by atoms with Gasteiger partial charge >= 0.3 is 0 Å². The highest BCUT2D eigenvalue weighted by atomic mass is 32.2. The quantitative estimate of drug-likeness (QED) is 0.883. The molecule has 1 atom stereocenters. The third kappa shape index (κ3) is 3.66. The number of ether oxygens (including phenoxy) is 1. The van der Waals surface area contributed by atoms with Crippen molar-refractivity contribution in [2.75, 3.05) is 18.1 Å². The fraction of sp³-hybridized carbons (Fsp3) is 0.600. The molecule has 0 aliphatic carbocycles. The first-order valence-electron chi connectivity index (χ1n) is 6.86. The second kappa shape index (κ2) is 7.05. The Balaban J connectivity index is 2.00. The minimum absolute atomic E-state index is 0.112. The lowest BCUT2D eigenvalue weighted by Gasteiger charge is -2.25. The van der Waals surface area contributed by atoms with Crippen LogP contribution < -0.4 is 10.5 Å². The molecule has 0 amide bonds. The summed E-state index contributed by atoms with van der Waals surface area (Å²) in [6.07, 6.45) is 3.72. The van der Waals surface area contributed by atoms with Gasteiger partial charge in [0, 0.05) is 11.6 Å². The maximum Gasteiger partial charge on any atom is 0.124 e. The smallest absolute Gasteiger partial charge is 0.124 e. The Morgan fingerprint density at radius 2 is 2.06 bits per heavy atom. The van der Waals surface area contributed by atoms with Crippen molar-refractivity contribution in [3.63, 3.8) is 0 Å². The fourth-order valence-electron chi connectivity index (χ4n) is 2.54. The van der Waals surface area contributed by atoms with Gasteiger partial charge in [-0.3, -0.25) is 0 Å². The van der Waals surface area contributed by atoms with Gasteiger partial charge in [0.25, 0.3) is 0 Å². The van der Waals surface area contributed by atoms with E-state index in [2.05, 4.69) is 23.9 Å². The van der Waals surface area contributed by atoms with E-state index in [-0.39, 0.29) is 6.04 Å². The van der Waals surface area contributed by atoms with E-state index in [0.29, 0.717) is 6.61 Å². The molecule has 0 radical (unpaired) electrons. The number of benzene rings is 1. The van der Waals surface area contributed by atoms with Gasteiger partial charge in [-0.2, -0.15) is 11.8 Å². The van der Waals surface area contributed by atoms with Crippen molar-refractivity contribution in [3.8, 4) is 5.75 Å². The molecule has 1 fully saturated rings. The highest BCUT2D eigenvalue weighted by Crippen LogP contribution is 2.33. The second-order valence-corrected chi connectivity index (χ2v) is 6.09. The van der Waals surface area contributed by atoms with Gasteiger partial charge in [0.1, 0.15) is 5.75 Å². The molecule has 2 nitrogen and oxygen atoms in total. The van der Waals surface area contributed by atoms with Crippen molar-refractivity contribution in [3.05, 3.63) is 29.8 Å². The van der Waals surface area contributed by atoms with Crippen molar-refractivity contribution in [1.82, 2.24) is 0 Å². The van der Waals surface area contributed by atoms with Crippen molar-refractivity contribution in [2.24, 2.45) is 11.7 Å². The largest absolute Gasteiger partial charge is 0.494 e. The topological polar surface area (TPSA) is 35.2 Å². The molecule has 2 N–H and O–H groups in total. The van der Waals surface area contributed by atoms with E-state index in [0.717, 1.165) is 23.7 Å². The summed E-state index contributed by atoms with van der Waals surface area (Å²) >= 11 is 2.07. The fourth-order valence-corrected chi connectivity index (χ4v) is 3.75. The standard InChI is InChI=1S/C15H23NOS/c1-2-17-15-6-4-3-5-13(15)14(16)11-12-7-9-18-10-8-12/h3-6,12,14H,2,7-11,16H2,1H3. The molecule has 1 saturated heterocycles. The summed E-state index contributed by atoms with van der Waals surface area (Å²) in [4.78, 5) is 0. The molecule has 1 heterocycles. The van der Waals surface area contributed by atoms with Crippen LogP contribution >= 0.6 is 11.8 Å². The lowest BCUT2D eigenvalue weighted by Crippen LogP contribution is -2.19. The van der Waals surface area contributed by atoms with Gasteiger partial charge in [-0.25, -0.2) is 0 Å². The van der Waals surface area contributed by atoms with Crippen LogP contribution in [0.25, 0.3) is 0 Å². The van der Waals surface area contributed by atoms with E-state index in [9.17, 15) is 0 Å². The molecule has 100 valence electrons. The Morgan fingerprint density at radius 3 is 2.78 bits per heavy atom. The zero-order chi connectivity index (χ0) is 12.8. The molecule has 0 saturated carbocycles. The first-order chi connectivity index (χ1) is 8.81. The molecule has 1 aliphatic heterocycles. The lowest BCUT2D eigenvalue weighted by atomic mass is 9.91. The van der Waals surface area contributed by atoms with E-state index < -0.39 is 0 Å². The van der Waals surface area contributed by atoms with Crippen LogP contribution in [0.4, 0.5) is 0 Å². The van der Waals surface area contributed by atoms with Crippen LogP contribution in [0.5, 0.6) is 5.75 Å². The summed E-state index contributed by atoms with van der Waals surface area (Å²) in [5, 5.41) is 0. The highest BCUT2D eigenvalue weighted by Gasteiger charge is 2.19. The summed E-state index contributed by atoms with van der Waals surface area (Å²) in [5.74, 6) is 4.34. The summed E-state index contributed by atoms with van der Waals surface area (Å²) in [6.45, 7) is 2.71. The van der Waals surface area contributed by atoms with Gasteiger partial charge in [-0.05, 0) is 49.7 Å². The third-order valence-corrected chi connectivity index (χ3v) is 4.60. The first kappa shape index (κ1) is 13.8. The number of nitrogens with two attached hydrogens (primary N) is 1. The molecule has 1 aromatic carbocycles. The molecule has 0 bridgehead atoms. The van der Waals surface area contributed by atoms with E-state index in [1.165, 1.54) is 24.3 Å². The lowest BCUT2D eigenvalue weighted by molar-refractivity contribution is 0.329. The van der Waals surface area contributed by atoms with Gasteiger partial charge in [0.15, 0.2) is 0 Å². The monoisotopic (exact) mass is 265 g/mol. The van der Waals surface area contributed by atoms with Crippen molar-refractivity contribution in [2.45, 2.75) is 32.2 Å². The molecule has 1 aromatic rings. The number of hydrogen-bond acceptors (Lipinski definition) is 3. The Labute approximate surface area is 114 Å². The second-order valence-electron chi connectivity index (χ2n) is 4.87. The number of para-hydroxylation sites is 1. The minimum atomic E-state index is 0.112. The van der Waals surface area contributed by atoms with Gasteiger partial charge in [0.05, 0.1) is 6.61 Å². The Morgan fingerprint density at radius 1 is 1.33 bits per heavy atom. The number of hydrogen-bond donors (Lipinski definition) is 1. The van der Waals surface area contributed by atoms with Crippen LogP contribution in [0.15, 0.2) is 24.3 Å². The Bertz CT molecular complexity index is 363. The summed E-state index contributed by atoms with van der Waals surface area (Å²) in [6, 6.07) is 8.30. The van der Waals surface area contributed by atoms with Crippen molar-refractivity contribution in [1.29, 1.82) is 0 Å². The normalized spacial score (nSPS) is 18.6. The van der Waals surface area contributed by atoms with Crippen LogP contribution in [0.3, 0.4) is 0 Å². The molecule has 0 spiro atoms. The summed E-state index contributed by atoms with van der Waals surface area (Å²) in [7, 11) is 0. The maximum atomic E-state index is 6.37. The van der Waals surface area contributed by atoms with E-state index in [1.54, 1.807) is 0 Å². The predicted octanol–water partition coefficient (Wildman–Crippen LogP) is 3.62. The molecule has 1 aliphatic rings. The third-order valence-electron chi connectivity index (χ3n) is 3.55. The SMILES string of the molecule is CCOc1ccccc1C(N)CC1CCSCC1. The molecule has 1 unspecified atom stereocenters. The van der Waals surface area contributed by atoms with Crippen molar-refractivity contribution >= 4 is 11.8 Å². The number of rotatable bonds is 5. The van der Waals surface area contributed by atoms with Crippen LogP contribution in [0.2, 0.25) is 0 Å². The molecule has 2 rings (SSSR count). The zero-order valence-corrected chi connectivity index (χ0v) is 11.9. The maximum absolute atomic E-state index is 6.37. The van der Waals surface area contributed by atoms with Gasteiger partial charge in [-0.15, -0.1) is 0 Å². The van der Waals surface area contributed by atoms with Crippen LogP contribution in [-0.2, 0) is 0 Å². The Kier molecular flexibility index (Phi) is 5.39. The molecular formula is C15H23NOS. The molecule has 3 heteroatoms. The first-order valence-corrected chi connectivity index (χ1v) is 8.01. The van der Waals surface area contributed by atoms with Gasteiger partial charge < -0.3 is 10.5 Å². The summed E-state index contributed by atoms with van der Waals surface area (Å²) in [5.41, 5.74) is 7.53. The van der Waals surface area contributed by atoms with Crippen molar-refractivity contribution < 1.29 is 4.74 Å². The molecule has 18 heavy (non-hydrogen) atoms. The predicted molar refractivity (Wildman–Crippen MR) is 79.2 cm³/mol. The average Bonchev–Trinajstić information content (AvgIpc) is 2.41. The van der Waals surface area contributed by atoms with Gasteiger partial charge in [-0.1, -0.05) is 18.2 Å². The zero-order valence-electron chi connectivity index (χ0n) is 11.1. The average molecular weight is 265 g/mol.